The van der Waals surface area contributed by atoms with E-state index in [4.69, 9.17) is 0 Å². The van der Waals surface area contributed by atoms with Crippen molar-refractivity contribution >= 4 is 12.2 Å². The van der Waals surface area contributed by atoms with E-state index in [0.717, 1.165) is 6.29 Å². The number of aldehydes is 1. The number of carbonyl (C=O) groups is 2. The first-order valence-corrected chi connectivity index (χ1v) is 3.51. The maximum absolute atomic E-state index is 11.0. The summed E-state index contributed by atoms with van der Waals surface area (Å²) in [6, 6.07) is 0. The summed E-state index contributed by atoms with van der Waals surface area (Å²) in [6.45, 7) is 4.04. The van der Waals surface area contributed by atoms with Crippen LogP contribution in [-0.4, -0.2) is 30.7 Å². The van der Waals surface area contributed by atoms with Gasteiger partial charge in [0.25, 0.3) is 0 Å². The molecule has 0 aliphatic rings. The minimum atomic E-state index is -0.0167. The third kappa shape index (κ3) is 4.31. The van der Waals surface area contributed by atoms with Crippen LogP contribution in [0.2, 0.25) is 0 Å². The summed E-state index contributed by atoms with van der Waals surface area (Å²) in [5.41, 5.74) is 0. The SMILES string of the molecule is C=CCN(C)C(=O)CCC=O. The summed E-state index contributed by atoms with van der Waals surface area (Å²) >= 11 is 0. The molecule has 0 aliphatic carbocycles. The second-order valence-electron chi connectivity index (χ2n) is 2.27. The highest BCUT2D eigenvalue weighted by Gasteiger charge is 2.04. The summed E-state index contributed by atoms with van der Waals surface area (Å²) in [6.07, 6.45) is 3.01. The molecular weight excluding hydrogens is 142 g/mol. The molecule has 0 spiro atoms. The summed E-state index contributed by atoms with van der Waals surface area (Å²) < 4.78 is 0. The van der Waals surface area contributed by atoms with Crippen molar-refractivity contribution in [3.8, 4) is 0 Å². The van der Waals surface area contributed by atoms with E-state index in [9.17, 15) is 9.59 Å². The number of hydrogen-bond donors (Lipinski definition) is 0. The largest absolute Gasteiger partial charge is 0.342 e. The minimum Gasteiger partial charge on any atom is -0.342 e. The third-order valence-electron chi connectivity index (χ3n) is 1.30. The Morgan fingerprint density at radius 2 is 2.27 bits per heavy atom. The highest BCUT2D eigenvalue weighted by atomic mass is 16.2. The molecule has 0 saturated carbocycles. The Labute approximate surface area is 66.7 Å². The van der Waals surface area contributed by atoms with E-state index in [1.165, 1.54) is 4.90 Å². The first-order chi connectivity index (χ1) is 5.22. The Morgan fingerprint density at radius 1 is 1.64 bits per heavy atom. The van der Waals surface area contributed by atoms with Gasteiger partial charge in [-0.15, -0.1) is 6.58 Å². The van der Waals surface area contributed by atoms with Crippen LogP contribution in [0, 0.1) is 0 Å². The topological polar surface area (TPSA) is 37.4 Å². The summed E-state index contributed by atoms with van der Waals surface area (Å²) in [4.78, 5) is 22.4. The molecule has 0 heterocycles. The van der Waals surface area contributed by atoms with Crippen LogP contribution in [0.15, 0.2) is 12.7 Å². The van der Waals surface area contributed by atoms with Crippen molar-refractivity contribution in [1.29, 1.82) is 0 Å². The molecule has 0 aromatic carbocycles. The quantitative estimate of drug-likeness (QED) is 0.431. The molecule has 0 fully saturated rings. The van der Waals surface area contributed by atoms with Gasteiger partial charge in [0.05, 0.1) is 0 Å². The second-order valence-corrected chi connectivity index (χ2v) is 2.27. The molecular formula is C8H13NO2. The van der Waals surface area contributed by atoms with Gasteiger partial charge >= 0.3 is 0 Å². The molecule has 0 aromatic rings. The molecule has 11 heavy (non-hydrogen) atoms. The van der Waals surface area contributed by atoms with Gasteiger partial charge in [0.15, 0.2) is 0 Å². The van der Waals surface area contributed by atoms with Gasteiger partial charge in [0, 0.05) is 26.4 Å². The number of likely N-dealkylation sites (N-methyl/N-ethyl adjacent to an activating group) is 1. The van der Waals surface area contributed by atoms with Crippen molar-refractivity contribution in [3.63, 3.8) is 0 Å². The van der Waals surface area contributed by atoms with Crippen LogP contribution in [0.4, 0.5) is 0 Å². The summed E-state index contributed by atoms with van der Waals surface area (Å²) in [5.74, 6) is -0.0167. The molecule has 0 unspecified atom stereocenters. The Bertz CT molecular complexity index is 154. The van der Waals surface area contributed by atoms with Gasteiger partial charge in [-0.1, -0.05) is 6.08 Å². The molecule has 0 aromatic heterocycles. The molecule has 0 bridgehead atoms. The number of amides is 1. The molecule has 3 heteroatoms. The van der Waals surface area contributed by atoms with Crippen molar-refractivity contribution in [2.24, 2.45) is 0 Å². The molecule has 62 valence electrons. The molecule has 1 amide bonds. The summed E-state index contributed by atoms with van der Waals surface area (Å²) in [5, 5.41) is 0. The number of hydrogen-bond acceptors (Lipinski definition) is 2. The van der Waals surface area contributed by atoms with Crippen molar-refractivity contribution in [3.05, 3.63) is 12.7 Å². The Hall–Kier alpha value is -1.12. The molecule has 0 rings (SSSR count). The van der Waals surface area contributed by atoms with Crippen LogP contribution in [0.5, 0.6) is 0 Å². The van der Waals surface area contributed by atoms with Crippen LogP contribution in [0.25, 0.3) is 0 Å². The van der Waals surface area contributed by atoms with E-state index in [1.807, 2.05) is 0 Å². The van der Waals surface area contributed by atoms with Crippen molar-refractivity contribution in [2.45, 2.75) is 12.8 Å². The lowest BCUT2D eigenvalue weighted by Gasteiger charge is -2.13. The highest BCUT2D eigenvalue weighted by molar-refractivity contribution is 5.78. The van der Waals surface area contributed by atoms with Gasteiger partial charge in [-0.2, -0.15) is 0 Å². The normalized spacial score (nSPS) is 8.82. The molecule has 0 N–H and O–H groups in total. The maximum Gasteiger partial charge on any atom is 0.223 e. The standard InChI is InChI=1S/C8H13NO2/c1-3-6-9(2)8(11)5-4-7-10/h3,7H,1,4-6H2,2H3. The predicted octanol–water partition coefficient (Wildman–Crippen LogP) is 0.610. The Kier molecular flexibility index (Phi) is 5.07. The molecule has 0 saturated heterocycles. The number of nitrogens with zero attached hydrogens (tertiary/aromatic N) is 1. The van der Waals surface area contributed by atoms with E-state index in [2.05, 4.69) is 6.58 Å². The average Bonchev–Trinajstić information content (AvgIpc) is 2.00. The van der Waals surface area contributed by atoms with Crippen LogP contribution in [0.1, 0.15) is 12.8 Å². The Morgan fingerprint density at radius 3 is 2.73 bits per heavy atom. The zero-order valence-corrected chi connectivity index (χ0v) is 6.75. The first kappa shape index (κ1) is 9.88. The lowest BCUT2D eigenvalue weighted by molar-refractivity contribution is -0.130. The fourth-order valence-electron chi connectivity index (χ4n) is 0.669. The van der Waals surface area contributed by atoms with Crippen molar-refractivity contribution < 1.29 is 9.59 Å². The molecule has 3 nitrogen and oxygen atoms in total. The Balaban J connectivity index is 3.62. The lowest BCUT2D eigenvalue weighted by Crippen LogP contribution is -2.26. The van der Waals surface area contributed by atoms with E-state index >= 15 is 0 Å². The van der Waals surface area contributed by atoms with E-state index in [0.29, 0.717) is 19.4 Å². The third-order valence-corrected chi connectivity index (χ3v) is 1.30. The fraction of sp³-hybridized carbons (Fsp3) is 0.500. The molecule has 0 aliphatic heterocycles. The monoisotopic (exact) mass is 155 g/mol. The van der Waals surface area contributed by atoms with Crippen LogP contribution in [0.3, 0.4) is 0 Å². The number of rotatable bonds is 5. The highest BCUT2D eigenvalue weighted by Crippen LogP contribution is 1.92. The van der Waals surface area contributed by atoms with Gasteiger partial charge in [-0.05, 0) is 0 Å². The van der Waals surface area contributed by atoms with Crippen LogP contribution < -0.4 is 0 Å². The average molecular weight is 155 g/mol. The maximum atomic E-state index is 11.0. The summed E-state index contributed by atoms with van der Waals surface area (Å²) in [7, 11) is 1.69. The van der Waals surface area contributed by atoms with Crippen molar-refractivity contribution in [1.82, 2.24) is 4.90 Å². The number of carbonyl (C=O) groups excluding carboxylic acids is 2. The minimum absolute atomic E-state index is 0.0167. The van der Waals surface area contributed by atoms with Crippen LogP contribution in [-0.2, 0) is 9.59 Å². The molecule has 0 atom stereocenters. The fourth-order valence-corrected chi connectivity index (χ4v) is 0.669. The smallest absolute Gasteiger partial charge is 0.223 e. The predicted molar refractivity (Wildman–Crippen MR) is 43.1 cm³/mol. The van der Waals surface area contributed by atoms with Crippen molar-refractivity contribution in [2.75, 3.05) is 13.6 Å². The van der Waals surface area contributed by atoms with Gasteiger partial charge in [-0.25, -0.2) is 0 Å². The molecule has 0 radical (unpaired) electrons. The van der Waals surface area contributed by atoms with Gasteiger partial charge in [0.2, 0.25) is 5.91 Å². The van der Waals surface area contributed by atoms with E-state index in [-0.39, 0.29) is 5.91 Å². The van der Waals surface area contributed by atoms with Gasteiger partial charge < -0.3 is 9.69 Å². The lowest BCUT2D eigenvalue weighted by atomic mass is 10.3. The van der Waals surface area contributed by atoms with Gasteiger partial charge in [0.1, 0.15) is 6.29 Å². The first-order valence-electron chi connectivity index (χ1n) is 3.51. The zero-order valence-electron chi connectivity index (χ0n) is 6.75. The van der Waals surface area contributed by atoms with E-state index < -0.39 is 0 Å². The van der Waals surface area contributed by atoms with Crippen LogP contribution >= 0.6 is 0 Å². The van der Waals surface area contributed by atoms with E-state index in [1.54, 1.807) is 13.1 Å². The van der Waals surface area contributed by atoms with Gasteiger partial charge in [-0.3, -0.25) is 4.79 Å². The zero-order chi connectivity index (χ0) is 8.69. The second kappa shape index (κ2) is 5.65.